The van der Waals surface area contributed by atoms with Crippen LogP contribution in [0.25, 0.3) is 6.08 Å². The minimum absolute atomic E-state index is 0.0198. The van der Waals surface area contributed by atoms with Gasteiger partial charge in [0.05, 0.1) is 17.8 Å². The lowest BCUT2D eigenvalue weighted by atomic mass is 10.0. The summed E-state index contributed by atoms with van der Waals surface area (Å²) in [5.74, 6) is 6.00. The van der Waals surface area contributed by atoms with Crippen LogP contribution in [0.1, 0.15) is 27.0 Å². The van der Waals surface area contributed by atoms with E-state index in [0.29, 0.717) is 28.8 Å². The highest BCUT2D eigenvalue weighted by Crippen LogP contribution is 2.33. The summed E-state index contributed by atoms with van der Waals surface area (Å²) in [6.45, 7) is 0. The molecule has 0 bridgehead atoms. The fraction of sp³-hybridized carbons (Fsp3) is 0.115. The Kier molecular flexibility index (Phi) is 6.64. The van der Waals surface area contributed by atoms with E-state index in [9.17, 15) is 13.4 Å². The van der Waals surface area contributed by atoms with Crippen LogP contribution in [-0.4, -0.2) is 24.1 Å². The zero-order valence-electron chi connectivity index (χ0n) is 17.9. The summed E-state index contributed by atoms with van der Waals surface area (Å²) in [6.07, 6.45) is 1.98. The second kappa shape index (κ2) is 9.62. The molecule has 1 aliphatic heterocycles. The molecule has 0 N–H and O–H groups in total. The number of hydrogen-bond donors (Lipinski definition) is 0. The number of nitrogens with zero attached hydrogens (tertiary/aromatic N) is 1. The number of ketones is 1. The largest absolute Gasteiger partial charge is 0.497 e. The summed E-state index contributed by atoms with van der Waals surface area (Å²) in [6, 6.07) is 17.1. The highest BCUT2D eigenvalue weighted by atomic mass is 35.5. The maximum absolute atomic E-state index is 13.8. The number of carbonyl (C=O) groups excluding carboxylic acids is 1. The summed E-state index contributed by atoms with van der Waals surface area (Å²) < 4.78 is 33.4. The number of Topliss-reactive ketones (excluding diaryl/α,β-unsaturated/α-hetero) is 1. The summed E-state index contributed by atoms with van der Waals surface area (Å²) >= 11 is 5.73. The first-order valence-corrected chi connectivity index (χ1v) is 11.5. The summed E-state index contributed by atoms with van der Waals surface area (Å²) in [5.41, 5.74) is 3.08. The molecule has 0 saturated heterocycles. The average Bonchev–Trinajstić information content (AvgIpc) is 2.83. The van der Waals surface area contributed by atoms with Crippen molar-refractivity contribution < 1.29 is 18.1 Å². The molecule has 1 unspecified atom stereocenters. The van der Waals surface area contributed by atoms with Crippen LogP contribution in [0.5, 0.6) is 5.75 Å². The van der Waals surface area contributed by atoms with Gasteiger partial charge < -0.3 is 4.74 Å². The fourth-order valence-corrected chi connectivity index (χ4v) is 4.64. The molecule has 3 aromatic carbocycles. The zero-order valence-corrected chi connectivity index (χ0v) is 19.5. The van der Waals surface area contributed by atoms with Crippen molar-refractivity contribution in [3.05, 3.63) is 98.7 Å². The Morgan fingerprint density at radius 2 is 1.88 bits per heavy atom. The van der Waals surface area contributed by atoms with Gasteiger partial charge in [0, 0.05) is 24.6 Å². The van der Waals surface area contributed by atoms with Gasteiger partial charge >= 0.3 is 0 Å². The van der Waals surface area contributed by atoms with Crippen molar-refractivity contribution in [1.29, 1.82) is 0 Å². The van der Waals surface area contributed by atoms with Gasteiger partial charge in [0.25, 0.3) is 0 Å². The third-order valence-corrected chi connectivity index (χ3v) is 6.85. The summed E-state index contributed by atoms with van der Waals surface area (Å²) in [5, 5.41) is -0.0198. The van der Waals surface area contributed by atoms with E-state index in [2.05, 4.69) is 11.8 Å². The molecule has 0 aliphatic carbocycles. The molecule has 33 heavy (non-hydrogen) atoms. The molecule has 1 aliphatic rings. The van der Waals surface area contributed by atoms with Gasteiger partial charge in [-0.3, -0.25) is 9.10 Å². The fourth-order valence-electron chi connectivity index (χ4n) is 3.38. The van der Waals surface area contributed by atoms with Gasteiger partial charge in [-0.1, -0.05) is 41.6 Å². The van der Waals surface area contributed by atoms with E-state index in [1.165, 1.54) is 22.5 Å². The first kappa shape index (κ1) is 22.8. The highest BCUT2D eigenvalue weighted by Gasteiger charge is 2.32. The first-order chi connectivity index (χ1) is 15.9. The Morgan fingerprint density at radius 1 is 1.12 bits per heavy atom. The molecule has 0 saturated carbocycles. The number of halogens is 2. The summed E-state index contributed by atoms with van der Waals surface area (Å²) in [7, 11) is 1.54. The monoisotopic (exact) mass is 479 g/mol. The van der Waals surface area contributed by atoms with E-state index in [-0.39, 0.29) is 15.7 Å². The van der Waals surface area contributed by atoms with Crippen molar-refractivity contribution in [2.45, 2.75) is 6.42 Å². The van der Waals surface area contributed by atoms with Gasteiger partial charge in [-0.15, -0.1) is 0 Å². The first-order valence-electron chi connectivity index (χ1n) is 10.0. The molecule has 4 rings (SSSR count). The van der Waals surface area contributed by atoms with Gasteiger partial charge in [0.15, 0.2) is 11.0 Å². The predicted octanol–water partition coefficient (Wildman–Crippen LogP) is 5.42. The van der Waals surface area contributed by atoms with Gasteiger partial charge in [-0.2, -0.15) is 0 Å². The van der Waals surface area contributed by atoms with E-state index in [1.807, 2.05) is 24.3 Å². The number of hydrogen-bond acceptors (Lipinski definition) is 3. The zero-order chi connectivity index (χ0) is 23.5. The van der Waals surface area contributed by atoms with Crippen LogP contribution in [0.4, 0.5) is 10.1 Å². The Morgan fingerprint density at radius 3 is 2.58 bits per heavy atom. The molecule has 4 nitrogen and oxygen atoms in total. The van der Waals surface area contributed by atoms with E-state index in [1.54, 1.807) is 38.4 Å². The molecule has 1 heterocycles. The quantitative estimate of drug-likeness (QED) is 0.372. The van der Waals surface area contributed by atoms with Crippen LogP contribution < -0.4 is 9.04 Å². The van der Waals surface area contributed by atoms with Crippen LogP contribution in [0.3, 0.4) is 0 Å². The van der Waals surface area contributed by atoms with Crippen molar-refractivity contribution >= 4 is 40.1 Å². The number of benzene rings is 3. The molecular formula is C26H19ClFNO3S. The minimum Gasteiger partial charge on any atom is -0.497 e. The SMILES string of the molecule is COc1ccc(CC#Cc2ccc3c(c2)C(=O)/C(=C\c2ccc(Cl)c(F)c2)S(=O)N3C)cc1. The molecule has 3 aromatic rings. The van der Waals surface area contributed by atoms with Crippen LogP contribution >= 0.6 is 11.6 Å². The molecule has 166 valence electrons. The molecule has 0 fully saturated rings. The van der Waals surface area contributed by atoms with Crippen LogP contribution in [0.15, 0.2) is 65.6 Å². The van der Waals surface area contributed by atoms with Crippen LogP contribution in [0, 0.1) is 17.7 Å². The van der Waals surface area contributed by atoms with E-state index < -0.39 is 16.8 Å². The van der Waals surface area contributed by atoms with Crippen molar-refractivity contribution in [3.8, 4) is 17.6 Å². The van der Waals surface area contributed by atoms with Gasteiger partial charge in [0.1, 0.15) is 16.5 Å². The number of methoxy groups -OCH3 is 1. The lowest BCUT2D eigenvalue weighted by Gasteiger charge is -2.27. The topological polar surface area (TPSA) is 46.6 Å². The van der Waals surface area contributed by atoms with E-state index >= 15 is 0 Å². The van der Waals surface area contributed by atoms with Gasteiger partial charge in [-0.05, 0) is 59.7 Å². The molecule has 0 spiro atoms. The summed E-state index contributed by atoms with van der Waals surface area (Å²) in [4.78, 5) is 13.2. The molecule has 7 heteroatoms. The Bertz CT molecular complexity index is 1360. The van der Waals surface area contributed by atoms with Crippen molar-refractivity contribution in [2.75, 3.05) is 18.5 Å². The second-order valence-corrected chi connectivity index (χ2v) is 9.21. The molecule has 0 aromatic heterocycles. The number of fused-ring (bicyclic) bond motifs is 1. The lowest BCUT2D eigenvalue weighted by molar-refractivity contribution is 0.104. The number of carbonyl (C=O) groups is 1. The molecular weight excluding hydrogens is 461 g/mol. The predicted molar refractivity (Wildman–Crippen MR) is 130 cm³/mol. The smallest absolute Gasteiger partial charge is 0.205 e. The van der Waals surface area contributed by atoms with E-state index in [0.717, 1.165) is 11.3 Å². The third kappa shape index (κ3) is 4.85. The van der Waals surface area contributed by atoms with Crippen molar-refractivity contribution in [1.82, 2.24) is 0 Å². The highest BCUT2D eigenvalue weighted by molar-refractivity contribution is 7.91. The molecule has 0 amide bonds. The average molecular weight is 480 g/mol. The minimum atomic E-state index is -1.72. The Balaban J connectivity index is 1.62. The number of allylic oxidation sites excluding steroid dienone is 1. The molecule has 0 radical (unpaired) electrons. The number of anilines is 1. The van der Waals surface area contributed by atoms with E-state index in [4.69, 9.17) is 16.3 Å². The second-order valence-electron chi connectivity index (χ2n) is 7.32. The van der Waals surface area contributed by atoms with Crippen LogP contribution in [-0.2, 0) is 17.4 Å². The van der Waals surface area contributed by atoms with Crippen molar-refractivity contribution in [3.63, 3.8) is 0 Å². The Labute approximate surface area is 199 Å². The van der Waals surface area contributed by atoms with Gasteiger partial charge in [-0.25, -0.2) is 8.60 Å². The molecule has 1 atom stereocenters. The number of rotatable bonds is 3. The number of ether oxygens (including phenoxy) is 1. The maximum Gasteiger partial charge on any atom is 0.205 e. The van der Waals surface area contributed by atoms with Crippen LogP contribution in [0.2, 0.25) is 5.02 Å². The van der Waals surface area contributed by atoms with Gasteiger partial charge in [0.2, 0.25) is 5.78 Å². The normalized spacial score (nSPS) is 16.2. The maximum atomic E-state index is 13.8. The lowest BCUT2D eigenvalue weighted by Crippen LogP contribution is -2.31. The standard InChI is InChI=1S/C26H19ClFNO3S/c1-29-24-13-9-18(5-3-4-17-6-10-20(32-2)11-7-17)14-21(24)26(30)25(33(29)31)16-19-8-12-22(27)23(28)15-19/h6-16H,4H2,1-2H3/b25-16+. The Hall–Kier alpha value is -3.40. The third-order valence-electron chi connectivity index (χ3n) is 5.17. The van der Waals surface area contributed by atoms with Crippen molar-refractivity contribution in [2.24, 2.45) is 0 Å².